The molecule has 0 radical (unpaired) electrons. The number of fused-ring (bicyclic) bond motifs is 3. The van der Waals surface area contributed by atoms with E-state index in [4.69, 9.17) is 14.9 Å². The van der Waals surface area contributed by atoms with Crippen LogP contribution in [0.15, 0.2) is 28.7 Å². The fourth-order valence-corrected chi connectivity index (χ4v) is 4.26. The fourth-order valence-electron chi connectivity index (χ4n) is 4.26. The van der Waals surface area contributed by atoms with E-state index in [1.807, 2.05) is 31.2 Å². The van der Waals surface area contributed by atoms with Gasteiger partial charge in [0.2, 0.25) is 0 Å². The summed E-state index contributed by atoms with van der Waals surface area (Å²) in [6.45, 7) is 2.35. The molecule has 4 rings (SSSR count). The second-order valence-corrected chi connectivity index (χ2v) is 6.44. The number of aliphatic hydroxyl groups excluding tert-OH is 1. The second kappa shape index (κ2) is 4.57. The van der Waals surface area contributed by atoms with Gasteiger partial charge in [0.25, 0.3) is 0 Å². The molecular weight excluding hydrogens is 266 g/mol. The molecule has 1 aromatic carbocycles. The Labute approximate surface area is 123 Å². The molecule has 2 aromatic rings. The van der Waals surface area contributed by atoms with E-state index in [9.17, 15) is 5.11 Å². The van der Waals surface area contributed by atoms with Crippen molar-refractivity contribution in [1.29, 1.82) is 0 Å². The van der Waals surface area contributed by atoms with Crippen LogP contribution in [0.3, 0.4) is 0 Å². The molecule has 3 N–H and O–H groups in total. The summed E-state index contributed by atoms with van der Waals surface area (Å²) in [6, 6.07) is 7.86. The molecule has 4 nitrogen and oxygen atoms in total. The number of aliphatic hydroxyl groups is 1. The van der Waals surface area contributed by atoms with Crippen LogP contribution < -0.4 is 5.73 Å². The predicted molar refractivity (Wildman–Crippen MR) is 79.9 cm³/mol. The summed E-state index contributed by atoms with van der Waals surface area (Å²) in [5.74, 6) is 0.777. The Balaban J connectivity index is 1.82. The van der Waals surface area contributed by atoms with E-state index in [1.54, 1.807) is 0 Å². The van der Waals surface area contributed by atoms with Gasteiger partial charge >= 0.3 is 0 Å². The van der Waals surface area contributed by atoms with Crippen LogP contribution in [0, 0.1) is 12.3 Å². The van der Waals surface area contributed by atoms with Crippen molar-refractivity contribution in [2.24, 2.45) is 11.1 Å². The zero-order valence-corrected chi connectivity index (χ0v) is 12.2. The quantitative estimate of drug-likeness (QED) is 0.910. The molecule has 0 saturated carbocycles. The van der Waals surface area contributed by atoms with Crippen LogP contribution in [-0.2, 0) is 4.74 Å². The minimum absolute atomic E-state index is 0.0653. The Morgan fingerprint density at radius 3 is 2.86 bits per heavy atom. The maximum atomic E-state index is 11.1. The van der Waals surface area contributed by atoms with Crippen LogP contribution in [-0.4, -0.2) is 23.9 Å². The van der Waals surface area contributed by atoms with Crippen molar-refractivity contribution >= 4 is 11.0 Å². The molecule has 1 aromatic heterocycles. The number of hydrogen-bond donors (Lipinski definition) is 2. The highest BCUT2D eigenvalue weighted by Crippen LogP contribution is 2.55. The van der Waals surface area contributed by atoms with E-state index >= 15 is 0 Å². The molecule has 4 atom stereocenters. The standard InChI is InChI=1S/C17H21NO3/c1-10-15(12-4-2-3-5-13(12)20-10)16(19)17(9-18)8-11-6-7-14(17)21-11/h2-5,11,14,16,19H,6-9,18H2,1H3. The molecule has 0 aliphatic carbocycles. The second-order valence-electron chi connectivity index (χ2n) is 6.44. The van der Waals surface area contributed by atoms with Crippen LogP contribution in [0.1, 0.15) is 36.7 Å². The van der Waals surface area contributed by atoms with Gasteiger partial charge in [0.1, 0.15) is 11.3 Å². The van der Waals surface area contributed by atoms with Gasteiger partial charge in [0, 0.05) is 22.9 Å². The van der Waals surface area contributed by atoms with Crippen LogP contribution in [0.4, 0.5) is 0 Å². The Bertz CT molecular complexity index is 680. The van der Waals surface area contributed by atoms with Crippen molar-refractivity contribution < 1.29 is 14.3 Å². The first-order chi connectivity index (χ1) is 10.2. The molecule has 2 aliphatic heterocycles. The number of hydrogen-bond acceptors (Lipinski definition) is 4. The average molecular weight is 287 g/mol. The number of ether oxygens (including phenoxy) is 1. The lowest BCUT2D eigenvalue weighted by Gasteiger charge is -2.38. The van der Waals surface area contributed by atoms with E-state index in [2.05, 4.69) is 0 Å². The van der Waals surface area contributed by atoms with Gasteiger partial charge in [0.05, 0.1) is 18.3 Å². The number of para-hydroxylation sites is 1. The third-order valence-corrected chi connectivity index (χ3v) is 5.37. The minimum Gasteiger partial charge on any atom is -0.461 e. The van der Waals surface area contributed by atoms with Crippen LogP contribution in [0.5, 0.6) is 0 Å². The van der Waals surface area contributed by atoms with Crippen LogP contribution >= 0.6 is 0 Å². The summed E-state index contributed by atoms with van der Waals surface area (Å²) in [7, 11) is 0. The van der Waals surface area contributed by atoms with Crippen molar-refractivity contribution in [2.45, 2.75) is 44.5 Å². The zero-order chi connectivity index (χ0) is 14.6. The maximum Gasteiger partial charge on any atom is 0.134 e. The Morgan fingerprint density at radius 1 is 1.38 bits per heavy atom. The number of aryl methyl sites for hydroxylation is 1. The van der Waals surface area contributed by atoms with Gasteiger partial charge in [-0.3, -0.25) is 0 Å². The summed E-state index contributed by atoms with van der Waals surface area (Å²) < 4.78 is 11.8. The first-order valence-corrected chi connectivity index (χ1v) is 7.67. The lowest BCUT2D eigenvalue weighted by atomic mass is 9.68. The van der Waals surface area contributed by atoms with E-state index in [0.717, 1.165) is 41.6 Å². The molecule has 4 heteroatoms. The predicted octanol–water partition coefficient (Wildman–Crippen LogP) is 2.67. The molecule has 0 amide bonds. The van der Waals surface area contributed by atoms with Crippen molar-refractivity contribution in [2.75, 3.05) is 6.54 Å². The molecule has 3 heterocycles. The highest BCUT2D eigenvalue weighted by molar-refractivity contribution is 5.82. The third kappa shape index (κ3) is 1.73. The molecule has 112 valence electrons. The van der Waals surface area contributed by atoms with Crippen molar-refractivity contribution in [1.82, 2.24) is 0 Å². The zero-order valence-electron chi connectivity index (χ0n) is 12.2. The normalized spacial score (nSPS) is 32.9. The van der Waals surface area contributed by atoms with Gasteiger partial charge in [-0.25, -0.2) is 0 Å². The number of furan rings is 1. The van der Waals surface area contributed by atoms with Crippen molar-refractivity contribution in [3.05, 3.63) is 35.6 Å². The van der Waals surface area contributed by atoms with Gasteiger partial charge in [-0.05, 0) is 32.3 Å². The topological polar surface area (TPSA) is 68.6 Å². The first-order valence-electron chi connectivity index (χ1n) is 7.67. The molecule has 2 saturated heterocycles. The number of benzene rings is 1. The summed E-state index contributed by atoms with van der Waals surface area (Å²) in [4.78, 5) is 0. The lowest BCUT2D eigenvalue weighted by molar-refractivity contribution is -0.0263. The largest absolute Gasteiger partial charge is 0.461 e. The Kier molecular flexibility index (Phi) is 2.89. The van der Waals surface area contributed by atoms with Crippen molar-refractivity contribution in [3.8, 4) is 0 Å². The molecule has 2 bridgehead atoms. The van der Waals surface area contributed by atoms with E-state index < -0.39 is 6.10 Å². The number of nitrogens with two attached hydrogens (primary N) is 1. The van der Waals surface area contributed by atoms with E-state index in [-0.39, 0.29) is 17.6 Å². The van der Waals surface area contributed by atoms with E-state index in [0.29, 0.717) is 6.54 Å². The highest BCUT2D eigenvalue weighted by atomic mass is 16.5. The third-order valence-electron chi connectivity index (χ3n) is 5.37. The van der Waals surface area contributed by atoms with Crippen LogP contribution in [0.25, 0.3) is 11.0 Å². The summed E-state index contributed by atoms with van der Waals surface area (Å²) >= 11 is 0. The van der Waals surface area contributed by atoms with Gasteiger partial charge in [-0.15, -0.1) is 0 Å². The summed E-state index contributed by atoms with van der Waals surface area (Å²) in [6.07, 6.45) is 2.61. The summed E-state index contributed by atoms with van der Waals surface area (Å²) in [5, 5.41) is 12.1. The summed E-state index contributed by atoms with van der Waals surface area (Å²) in [5.41, 5.74) is 7.41. The molecule has 4 unspecified atom stereocenters. The van der Waals surface area contributed by atoms with E-state index in [1.165, 1.54) is 0 Å². The van der Waals surface area contributed by atoms with Gasteiger partial charge in [0.15, 0.2) is 0 Å². The van der Waals surface area contributed by atoms with Crippen molar-refractivity contribution in [3.63, 3.8) is 0 Å². The van der Waals surface area contributed by atoms with Gasteiger partial charge < -0.3 is 20.0 Å². The Morgan fingerprint density at radius 2 is 2.19 bits per heavy atom. The monoisotopic (exact) mass is 287 g/mol. The molecule has 2 aliphatic rings. The molecule has 2 fully saturated rings. The van der Waals surface area contributed by atoms with Crippen LogP contribution in [0.2, 0.25) is 0 Å². The average Bonchev–Trinajstić information content (AvgIpc) is 3.17. The minimum atomic E-state index is -0.638. The molecule has 21 heavy (non-hydrogen) atoms. The molecule has 0 spiro atoms. The fraction of sp³-hybridized carbons (Fsp3) is 0.529. The molecular formula is C17H21NO3. The maximum absolute atomic E-state index is 11.1. The number of rotatable bonds is 3. The van der Waals surface area contributed by atoms with Gasteiger partial charge in [-0.2, -0.15) is 0 Å². The first kappa shape index (κ1) is 13.3. The highest BCUT2D eigenvalue weighted by Gasteiger charge is 2.56. The van der Waals surface area contributed by atoms with Gasteiger partial charge in [-0.1, -0.05) is 18.2 Å². The lowest BCUT2D eigenvalue weighted by Crippen LogP contribution is -2.44. The Hall–Kier alpha value is -1.36. The smallest absolute Gasteiger partial charge is 0.134 e. The SMILES string of the molecule is Cc1oc2ccccc2c1C(O)C1(CN)CC2CCC1O2.